The highest BCUT2D eigenvalue weighted by atomic mass is 32.1. The lowest BCUT2D eigenvalue weighted by molar-refractivity contribution is 0.506. The van der Waals surface area contributed by atoms with Crippen LogP contribution in [0.4, 0.5) is 0 Å². The molecule has 0 saturated heterocycles. The fourth-order valence-corrected chi connectivity index (χ4v) is 1.57. The van der Waals surface area contributed by atoms with Crippen molar-refractivity contribution in [1.29, 1.82) is 0 Å². The molecule has 0 aromatic heterocycles. The Morgan fingerprint density at radius 3 is 2.21 bits per heavy atom. The molecule has 0 aliphatic heterocycles. The average Bonchev–Trinajstić information content (AvgIpc) is 2.18. The Morgan fingerprint density at radius 1 is 1.21 bits per heavy atom. The zero-order valence-corrected chi connectivity index (χ0v) is 9.98. The molecule has 0 unspecified atom stereocenters. The molecule has 14 heavy (non-hydrogen) atoms. The van der Waals surface area contributed by atoms with Crippen LogP contribution in [0.2, 0.25) is 0 Å². The molecule has 0 saturated carbocycles. The van der Waals surface area contributed by atoms with Crippen molar-refractivity contribution in [2.45, 2.75) is 32.6 Å². The Bertz CT molecular complexity index is 177. The van der Waals surface area contributed by atoms with Gasteiger partial charge in [-0.15, -0.1) is 13.2 Å². The van der Waals surface area contributed by atoms with E-state index >= 15 is 0 Å². The Hall–Kier alpha value is -0.630. The van der Waals surface area contributed by atoms with Crippen molar-refractivity contribution >= 4 is 17.2 Å². The second kappa shape index (κ2) is 8.95. The van der Waals surface area contributed by atoms with E-state index in [1.54, 1.807) is 0 Å². The summed E-state index contributed by atoms with van der Waals surface area (Å²) in [4.78, 5) is 3.18. The van der Waals surface area contributed by atoms with Crippen LogP contribution >= 0.6 is 12.2 Å². The van der Waals surface area contributed by atoms with E-state index in [4.69, 9.17) is 12.2 Å². The van der Waals surface area contributed by atoms with Crippen LogP contribution in [0.15, 0.2) is 25.3 Å². The molecule has 0 spiro atoms. The molecule has 0 rings (SSSR count). The molecule has 0 atom stereocenters. The molecule has 0 aromatic rings. The first-order valence-electron chi connectivity index (χ1n) is 5.25. The monoisotopic (exact) mass is 211 g/mol. The van der Waals surface area contributed by atoms with E-state index in [0.29, 0.717) is 0 Å². The molecule has 0 fully saturated rings. The molecule has 80 valence electrons. The van der Waals surface area contributed by atoms with E-state index in [9.17, 15) is 0 Å². The Kier molecular flexibility index (Phi) is 8.54. The van der Waals surface area contributed by atoms with E-state index in [-0.39, 0.29) is 0 Å². The lowest BCUT2D eigenvalue weighted by Gasteiger charge is -2.22. The Balaban J connectivity index is 3.87. The van der Waals surface area contributed by atoms with Crippen molar-refractivity contribution in [3.63, 3.8) is 0 Å². The number of rotatable bonds is 8. The quantitative estimate of drug-likeness (QED) is 0.343. The maximum Gasteiger partial charge on any atom is 0.0784 e. The molecule has 0 aliphatic rings. The number of thiocarbonyl (C=S) groups is 1. The fraction of sp³-hybridized carbons (Fsp3) is 0.583. The van der Waals surface area contributed by atoms with Crippen molar-refractivity contribution in [2.24, 2.45) is 0 Å². The molecule has 1 nitrogen and oxygen atoms in total. The van der Waals surface area contributed by atoms with Gasteiger partial charge in [0.1, 0.15) is 0 Å². The van der Waals surface area contributed by atoms with Crippen LogP contribution in [0.1, 0.15) is 32.6 Å². The van der Waals surface area contributed by atoms with Crippen LogP contribution in [0, 0.1) is 0 Å². The molecular formula is C12H21NS. The third kappa shape index (κ3) is 5.92. The largest absolute Gasteiger partial charge is 0.359 e. The summed E-state index contributed by atoms with van der Waals surface area (Å²) >= 11 is 5.35. The summed E-state index contributed by atoms with van der Waals surface area (Å²) in [7, 11) is 0. The zero-order chi connectivity index (χ0) is 10.8. The predicted molar refractivity (Wildman–Crippen MR) is 68.7 cm³/mol. The standard InChI is InChI=1S/C12H21NS/c1-4-7-8-9-12(14)13(10-5-2)11-6-3/h5-6H,2-4,7-11H2,1H3. The van der Waals surface area contributed by atoms with E-state index in [0.717, 1.165) is 24.5 Å². The molecule has 0 aromatic carbocycles. The maximum atomic E-state index is 5.35. The first kappa shape index (κ1) is 13.4. The second-order valence-corrected chi connectivity index (χ2v) is 3.80. The number of hydrogen-bond acceptors (Lipinski definition) is 1. The van der Waals surface area contributed by atoms with Gasteiger partial charge in [-0.25, -0.2) is 0 Å². The summed E-state index contributed by atoms with van der Waals surface area (Å²) in [5.41, 5.74) is 0. The van der Waals surface area contributed by atoms with E-state index in [1.165, 1.54) is 19.3 Å². The van der Waals surface area contributed by atoms with Crippen molar-refractivity contribution in [3.8, 4) is 0 Å². The highest BCUT2D eigenvalue weighted by molar-refractivity contribution is 7.80. The van der Waals surface area contributed by atoms with Crippen LogP contribution in [0.3, 0.4) is 0 Å². The summed E-state index contributed by atoms with van der Waals surface area (Å²) in [6, 6.07) is 0. The van der Waals surface area contributed by atoms with Gasteiger partial charge in [-0.05, 0) is 12.8 Å². The van der Waals surface area contributed by atoms with Crippen molar-refractivity contribution in [1.82, 2.24) is 4.90 Å². The molecule has 0 heterocycles. The molecule has 2 heteroatoms. The van der Waals surface area contributed by atoms with E-state index in [2.05, 4.69) is 25.0 Å². The summed E-state index contributed by atoms with van der Waals surface area (Å²) in [5, 5.41) is 0. The average molecular weight is 211 g/mol. The second-order valence-electron chi connectivity index (χ2n) is 3.33. The normalized spacial score (nSPS) is 9.50. The van der Waals surface area contributed by atoms with Crippen molar-refractivity contribution in [3.05, 3.63) is 25.3 Å². The van der Waals surface area contributed by atoms with E-state index in [1.807, 2.05) is 12.2 Å². The highest BCUT2D eigenvalue weighted by Gasteiger charge is 2.04. The Labute approximate surface area is 93.5 Å². The predicted octanol–water partition coefficient (Wildman–Crippen LogP) is 3.57. The van der Waals surface area contributed by atoms with Gasteiger partial charge < -0.3 is 4.90 Å². The van der Waals surface area contributed by atoms with Gasteiger partial charge in [0.2, 0.25) is 0 Å². The summed E-state index contributed by atoms with van der Waals surface area (Å²) < 4.78 is 0. The third-order valence-corrected chi connectivity index (χ3v) is 2.51. The summed E-state index contributed by atoms with van der Waals surface area (Å²) in [6.07, 6.45) is 8.48. The van der Waals surface area contributed by atoms with Crippen LogP contribution in [0.25, 0.3) is 0 Å². The molecular weight excluding hydrogens is 190 g/mol. The fourth-order valence-electron chi connectivity index (χ4n) is 1.27. The smallest absolute Gasteiger partial charge is 0.0784 e. The summed E-state index contributed by atoms with van der Waals surface area (Å²) in [6.45, 7) is 11.3. The molecule has 0 N–H and O–H groups in total. The highest BCUT2D eigenvalue weighted by Crippen LogP contribution is 2.05. The molecule has 0 amide bonds. The van der Waals surface area contributed by atoms with Gasteiger partial charge in [-0.1, -0.05) is 44.1 Å². The van der Waals surface area contributed by atoms with Gasteiger partial charge >= 0.3 is 0 Å². The summed E-state index contributed by atoms with van der Waals surface area (Å²) in [5.74, 6) is 0. The third-order valence-electron chi connectivity index (χ3n) is 2.05. The van der Waals surface area contributed by atoms with Crippen molar-refractivity contribution in [2.75, 3.05) is 13.1 Å². The number of nitrogens with zero attached hydrogens (tertiary/aromatic N) is 1. The number of hydrogen-bond donors (Lipinski definition) is 0. The minimum absolute atomic E-state index is 0.830. The van der Waals surface area contributed by atoms with Gasteiger partial charge in [0.05, 0.1) is 4.99 Å². The Morgan fingerprint density at radius 2 is 1.79 bits per heavy atom. The van der Waals surface area contributed by atoms with Crippen molar-refractivity contribution < 1.29 is 0 Å². The first-order valence-corrected chi connectivity index (χ1v) is 5.66. The topological polar surface area (TPSA) is 3.24 Å². The minimum Gasteiger partial charge on any atom is -0.359 e. The first-order chi connectivity index (χ1) is 6.76. The lowest BCUT2D eigenvalue weighted by atomic mass is 10.2. The van der Waals surface area contributed by atoms with E-state index < -0.39 is 0 Å². The molecule has 0 radical (unpaired) electrons. The minimum atomic E-state index is 0.830. The molecule has 0 aliphatic carbocycles. The van der Waals surface area contributed by atoms with Gasteiger partial charge in [-0.2, -0.15) is 0 Å². The maximum absolute atomic E-state index is 5.35. The zero-order valence-electron chi connectivity index (χ0n) is 9.17. The SMILES string of the molecule is C=CCN(CC=C)C(=S)CCCCC. The van der Waals surface area contributed by atoms with Gasteiger partial charge in [0, 0.05) is 13.1 Å². The van der Waals surface area contributed by atoms with Crippen LogP contribution < -0.4 is 0 Å². The van der Waals surface area contributed by atoms with Crippen LogP contribution in [-0.2, 0) is 0 Å². The number of unbranched alkanes of at least 4 members (excludes halogenated alkanes) is 2. The molecule has 0 bridgehead atoms. The van der Waals surface area contributed by atoms with Gasteiger partial charge in [0.25, 0.3) is 0 Å². The van der Waals surface area contributed by atoms with Crippen LogP contribution in [-0.4, -0.2) is 23.0 Å². The van der Waals surface area contributed by atoms with Gasteiger partial charge in [0.15, 0.2) is 0 Å². The van der Waals surface area contributed by atoms with Crippen LogP contribution in [0.5, 0.6) is 0 Å². The lowest BCUT2D eigenvalue weighted by Crippen LogP contribution is -2.29. The van der Waals surface area contributed by atoms with Gasteiger partial charge in [-0.3, -0.25) is 0 Å².